The van der Waals surface area contributed by atoms with Gasteiger partial charge in [0.2, 0.25) is 10.0 Å². The molecule has 0 aliphatic heterocycles. The molecule has 0 bridgehead atoms. The van der Waals surface area contributed by atoms with E-state index in [-0.39, 0.29) is 5.69 Å². The highest BCUT2D eigenvalue weighted by Crippen LogP contribution is 2.36. The van der Waals surface area contributed by atoms with E-state index in [0.29, 0.717) is 22.4 Å². The molecule has 1 heterocycles. The molecule has 0 aliphatic rings. The maximum absolute atomic E-state index is 12.2. The van der Waals surface area contributed by atoms with Crippen LogP contribution in [0.5, 0.6) is 0 Å². The van der Waals surface area contributed by atoms with Crippen LogP contribution in [0, 0.1) is 21.4 Å². The van der Waals surface area contributed by atoms with E-state index in [2.05, 4.69) is 10.8 Å². The molecule has 0 saturated carbocycles. The number of nitro benzene ring substituents is 1. The fraction of sp³-hybridized carbons (Fsp3) is 0.150. The van der Waals surface area contributed by atoms with Gasteiger partial charge in [0.25, 0.3) is 5.69 Å². The van der Waals surface area contributed by atoms with Crippen molar-refractivity contribution in [3.05, 3.63) is 69.6 Å². The lowest BCUT2D eigenvalue weighted by molar-refractivity contribution is -0.384. The third-order valence-electron chi connectivity index (χ3n) is 4.33. The second-order valence-electron chi connectivity index (χ2n) is 6.54. The first-order valence-electron chi connectivity index (χ1n) is 8.61. The van der Waals surface area contributed by atoms with Crippen molar-refractivity contribution in [3.63, 3.8) is 0 Å². The largest absolute Gasteiger partial charge is 0.282 e. The van der Waals surface area contributed by atoms with Crippen molar-refractivity contribution in [2.24, 2.45) is 0 Å². The Hall–Kier alpha value is -3.22. The maximum atomic E-state index is 12.2. The second-order valence-corrected chi connectivity index (χ2v) is 9.69. The number of nitrogens with one attached hydrogen (secondary N) is 1. The topological polar surface area (TPSA) is 113 Å². The summed E-state index contributed by atoms with van der Waals surface area (Å²) in [5.41, 5.74) is 2.69. The molecule has 29 heavy (non-hydrogen) atoms. The Morgan fingerprint density at radius 1 is 1.10 bits per heavy atom. The maximum Gasteiger partial charge on any atom is 0.270 e. The molecule has 0 amide bonds. The summed E-state index contributed by atoms with van der Waals surface area (Å²) < 4.78 is 27.0. The number of hydrogen-bond donors (Lipinski definition) is 1. The van der Waals surface area contributed by atoms with Gasteiger partial charge >= 0.3 is 0 Å². The minimum absolute atomic E-state index is 0.0910. The smallest absolute Gasteiger partial charge is 0.270 e. The quantitative estimate of drug-likeness (QED) is 0.439. The molecular formula is C20H17N3O4S2. The van der Waals surface area contributed by atoms with Gasteiger partial charge in [0, 0.05) is 17.7 Å². The predicted octanol–water partition coefficient (Wildman–Crippen LogP) is 5.01. The second kappa shape index (κ2) is 8.03. The first-order chi connectivity index (χ1) is 13.7. The van der Waals surface area contributed by atoms with Gasteiger partial charge in [-0.1, -0.05) is 24.3 Å². The molecule has 0 fully saturated rings. The fourth-order valence-electron chi connectivity index (χ4n) is 2.67. The Morgan fingerprint density at radius 2 is 1.76 bits per heavy atom. The van der Waals surface area contributed by atoms with Gasteiger partial charge < -0.3 is 0 Å². The van der Waals surface area contributed by atoms with Crippen LogP contribution < -0.4 is 4.72 Å². The van der Waals surface area contributed by atoms with Gasteiger partial charge in [0.15, 0.2) is 0 Å². The van der Waals surface area contributed by atoms with E-state index in [1.807, 2.05) is 0 Å². The lowest BCUT2D eigenvalue weighted by atomic mass is 9.98. The number of hydrogen-bond acceptors (Lipinski definition) is 6. The summed E-state index contributed by atoms with van der Waals surface area (Å²) in [4.78, 5) is 11.3. The number of nitrogens with zero attached hydrogens (tertiary/aromatic N) is 2. The van der Waals surface area contributed by atoms with E-state index in [0.717, 1.165) is 10.4 Å². The van der Waals surface area contributed by atoms with E-state index in [4.69, 9.17) is 0 Å². The zero-order chi connectivity index (χ0) is 21.2. The van der Waals surface area contributed by atoms with Crippen LogP contribution in [-0.4, -0.2) is 18.6 Å². The lowest BCUT2D eigenvalue weighted by Crippen LogP contribution is -2.22. The van der Waals surface area contributed by atoms with Gasteiger partial charge in [-0.2, -0.15) is 5.26 Å². The van der Waals surface area contributed by atoms with Crippen molar-refractivity contribution >= 4 is 32.7 Å². The monoisotopic (exact) mass is 427 g/mol. The Kier molecular flexibility index (Phi) is 5.68. The number of nitriles is 1. The van der Waals surface area contributed by atoms with Crippen molar-refractivity contribution in [1.29, 1.82) is 5.26 Å². The summed E-state index contributed by atoms with van der Waals surface area (Å²) in [5, 5.41) is 21.6. The minimum atomic E-state index is -3.47. The van der Waals surface area contributed by atoms with Crippen molar-refractivity contribution in [1.82, 2.24) is 0 Å². The first kappa shape index (κ1) is 20.5. The number of thiophene rings is 1. The molecule has 2 aromatic carbocycles. The molecule has 3 aromatic rings. The van der Waals surface area contributed by atoms with Crippen LogP contribution in [0.2, 0.25) is 0 Å². The minimum Gasteiger partial charge on any atom is -0.282 e. The van der Waals surface area contributed by atoms with Gasteiger partial charge in [-0.05, 0) is 42.5 Å². The number of sulfonamides is 1. The summed E-state index contributed by atoms with van der Waals surface area (Å²) in [6, 6.07) is 15.0. The van der Waals surface area contributed by atoms with Gasteiger partial charge in [0.05, 0.1) is 32.4 Å². The van der Waals surface area contributed by atoms with E-state index in [1.165, 1.54) is 29.5 Å². The van der Waals surface area contributed by atoms with E-state index < -0.39 is 20.2 Å². The zero-order valence-corrected chi connectivity index (χ0v) is 17.3. The molecule has 7 nitrogen and oxygen atoms in total. The van der Waals surface area contributed by atoms with Crippen LogP contribution in [-0.2, 0) is 10.0 Å². The number of anilines is 1. The molecule has 0 saturated heterocycles. The van der Waals surface area contributed by atoms with Crippen molar-refractivity contribution in [3.8, 4) is 27.6 Å². The van der Waals surface area contributed by atoms with Crippen LogP contribution >= 0.6 is 11.3 Å². The van der Waals surface area contributed by atoms with Crippen LogP contribution in [0.25, 0.3) is 21.6 Å². The van der Waals surface area contributed by atoms with Crippen LogP contribution in [0.1, 0.15) is 19.4 Å². The molecule has 0 unspecified atom stereocenters. The fourth-order valence-corrected chi connectivity index (χ4v) is 4.30. The van der Waals surface area contributed by atoms with E-state index in [9.17, 15) is 23.8 Å². The highest BCUT2D eigenvalue weighted by atomic mass is 32.2. The van der Waals surface area contributed by atoms with Crippen molar-refractivity contribution in [2.75, 3.05) is 4.72 Å². The highest BCUT2D eigenvalue weighted by Gasteiger charge is 2.19. The average Bonchev–Trinajstić information content (AvgIpc) is 3.14. The molecule has 0 spiro atoms. The number of nitro groups is 1. The SMILES string of the molecule is CC(C)S(=O)(=O)Nc1ccsc1-c1ccc(-c2cc([N+](=O)[O-])ccc2C#N)cc1. The molecule has 0 radical (unpaired) electrons. The summed E-state index contributed by atoms with van der Waals surface area (Å²) in [6.45, 7) is 3.21. The number of rotatable bonds is 6. The third-order valence-corrected chi connectivity index (χ3v) is 7.04. The Bertz CT molecular complexity index is 1210. The van der Waals surface area contributed by atoms with Gasteiger partial charge in [-0.3, -0.25) is 14.8 Å². The summed E-state index contributed by atoms with van der Waals surface area (Å²) in [7, 11) is -3.47. The standard InChI is InChI=1S/C20H17N3O4S2/c1-13(2)29(26,27)22-19-9-10-28-20(19)15-5-3-14(4-6-15)18-11-17(23(24)25)8-7-16(18)12-21/h3-11,13,22H,1-2H3. The molecule has 148 valence electrons. The highest BCUT2D eigenvalue weighted by molar-refractivity contribution is 7.93. The van der Waals surface area contributed by atoms with Gasteiger partial charge in [-0.25, -0.2) is 8.42 Å². The zero-order valence-electron chi connectivity index (χ0n) is 15.6. The number of benzene rings is 2. The summed E-state index contributed by atoms with van der Waals surface area (Å²) in [5.74, 6) is 0. The molecular weight excluding hydrogens is 410 g/mol. The van der Waals surface area contributed by atoms with E-state index >= 15 is 0 Å². The summed E-state index contributed by atoms with van der Waals surface area (Å²) in [6.07, 6.45) is 0. The Labute approximate surface area is 172 Å². The normalized spacial score (nSPS) is 11.2. The number of non-ortho nitro benzene ring substituents is 1. The van der Waals surface area contributed by atoms with Crippen LogP contribution in [0.15, 0.2) is 53.9 Å². The first-order valence-corrected chi connectivity index (χ1v) is 11.0. The van der Waals surface area contributed by atoms with Crippen LogP contribution in [0.4, 0.5) is 11.4 Å². The predicted molar refractivity (Wildman–Crippen MR) is 114 cm³/mol. The Balaban J connectivity index is 1.98. The van der Waals surface area contributed by atoms with E-state index in [1.54, 1.807) is 49.6 Å². The summed E-state index contributed by atoms with van der Waals surface area (Å²) >= 11 is 1.40. The van der Waals surface area contributed by atoms with Crippen molar-refractivity contribution < 1.29 is 13.3 Å². The molecule has 1 aromatic heterocycles. The van der Waals surface area contributed by atoms with Gasteiger partial charge in [-0.15, -0.1) is 11.3 Å². The average molecular weight is 428 g/mol. The molecule has 0 aliphatic carbocycles. The van der Waals surface area contributed by atoms with Gasteiger partial charge in [0.1, 0.15) is 0 Å². The third kappa shape index (κ3) is 4.29. The van der Waals surface area contributed by atoms with Crippen molar-refractivity contribution in [2.45, 2.75) is 19.1 Å². The Morgan fingerprint density at radius 3 is 2.34 bits per heavy atom. The lowest BCUT2D eigenvalue weighted by Gasteiger charge is -2.12. The molecule has 1 N–H and O–H groups in total. The molecule has 3 rings (SSSR count). The van der Waals surface area contributed by atoms with Crippen LogP contribution in [0.3, 0.4) is 0 Å². The molecule has 0 atom stereocenters. The molecule has 9 heteroatoms.